The molecule has 1 amide bonds. The Labute approximate surface area is 166 Å². The van der Waals surface area contributed by atoms with Gasteiger partial charge in [0.1, 0.15) is 5.01 Å². The van der Waals surface area contributed by atoms with E-state index in [0.29, 0.717) is 10.6 Å². The topological polar surface area (TPSA) is 42.0 Å². The summed E-state index contributed by atoms with van der Waals surface area (Å²) in [5, 5.41) is 6.53. The number of nitrogens with zero attached hydrogens (tertiary/aromatic N) is 1. The van der Waals surface area contributed by atoms with Crippen LogP contribution in [0.25, 0.3) is 21.8 Å². The number of carbonyl (C=O) groups excluding carboxylic acids is 1. The number of hydrogen-bond donors (Lipinski definition) is 1. The fraction of sp³-hybridized carbons (Fsp3) is 0. The third kappa shape index (κ3) is 4.08. The van der Waals surface area contributed by atoms with E-state index in [4.69, 9.17) is 16.6 Å². The number of rotatable bonds is 4. The standard InChI is InChI=1S/C22H15ClN2OS/c23-18-11-9-15(10-12-18)21(26)24-19-8-4-7-17(13-19)20-14-27-22(25-20)16-5-2-1-3-6-16/h1-14H,(H,24,26). The van der Waals surface area contributed by atoms with Gasteiger partial charge in [-0.1, -0.05) is 54.1 Å². The first-order valence-electron chi connectivity index (χ1n) is 8.37. The lowest BCUT2D eigenvalue weighted by molar-refractivity contribution is 0.102. The molecule has 1 aromatic heterocycles. The lowest BCUT2D eigenvalue weighted by atomic mass is 10.1. The quantitative estimate of drug-likeness (QED) is 0.439. The van der Waals surface area contributed by atoms with Gasteiger partial charge < -0.3 is 5.32 Å². The van der Waals surface area contributed by atoms with Crippen LogP contribution in [0, 0.1) is 0 Å². The summed E-state index contributed by atoms with van der Waals surface area (Å²) in [7, 11) is 0. The molecule has 0 saturated heterocycles. The maximum absolute atomic E-state index is 12.4. The van der Waals surface area contributed by atoms with Crippen LogP contribution in [0.2, 0.25) is 5.02 Å². The first kappa shape index (κ1) is 17.5. The molecule has 4 rings (SSSR count). The van der Waals surface area contributed by atoms with E-state index in [1.807, 2.05) is 60.0 Å². The third-order valence-corrected chi connectivity index (χ3v) is 5.19. The molecule has 0 atom stereocenters. The number of anilines is 1. The molecule has 0 unspecified atom stereocenters. The molecule has 0 aliphatic carbocycles. The largest absolute Gasteiger partial charge is 0.322 e. The Morgan fingerprint density at radius 3 is 2.41 bits per heavy atom. The highest BCUT2D eigenvalue weighted by Crippen LogP contribution is 2.30. The zero-order chi connectivity index (χ0) is 18.6. The number of carbonyl (C=O) groups is 1. The Morgan fingerprint density at radius 1 is 0.889 bits per heavy atom. The maximum atomic E-state index is 12.4. The summed E-state index contributed by atoms with van der Waals surface area (Å²) in [6, 6.07) is 24.6. The molecule has 0 fully saturated rings. The Bertz CT molecular complexity index is 1070. The fourth-order valence-electron chi connectivity index (χ4n) is 2.68. The number of hydrogen-bond acceptors (Lipinski definition) is 3. The maximum Gasteiger partial charge on any atom is 0.255 e. The summed E-state index contributed by atoms with van der Waals surface area (Å²) < 4.78 is 0. The molecule has 4 aromatic rings. The SMILES string of the molecule is O=C(Nc1cccc(-c2csc(-c3ccccc3)n2)c1)c1ccc(Cl)cc1. The summed E-state index contributed by atoms with van der Waals surface area (Å²) in [5.41, 5.74) is 4.23. The second kappa shape index (κ2) is 7.74. The second-order valence-electron chi connectivity index (χ2n) is 5.95. The smallest absolute Gasteiger partial charge is 0.255 e. The van der Waals surface area contributed by atoms with Crippen LogP contribution >= 0.6 is 22.9 Å². The van der Waals surface area contributed by atoms with E-state index in [1.54, 1.807) is 35.6 Å². The van der Waals surface area contributed by atoms with Crippen molar-refractivity contribution in [3.63, 3.8) is 0 Å². The van der Waals surface area contributed by atoms with Crippen LogP contribution in [0.1, 0.15) is 10.4 Å². The van der Waals surface area contributed by atoms with Gasteiger partial charge in [-0.15, -0.1) is 11.3 Å². The minimum atomic E-state index is -0.174. The van der Waals surface area contributed by atoms with Crippen molar-refractivity contribution in [2.45, 2.75) is 0 Å². The van der Waals surface area contributed by atoms with Crippen LogP contribution in [-0.4, -0.2) is 10.9 Å². The van der Waals surface area contributed by atoms with E-state index in [2.05, 4.69) is 5.32 Å². The van der Waals surface area contributed by atoms with Gasteiger partial charge in [0.15, 0.2) is 0 Å². The molecule has 0 bridgehead atoms. The van der Waals surface area contributed by atoms with E-state index in [-0.39, 0.29) is 5.91 Å². The van der Waals surface area contributed by atoms with Gasteiger partial charge in [-0.2, -0.15) is 0 Å². The fourth-order valence-corrected chi connectivity index (χ4v) is 3.64. The van der Waals surface area contributed by atoms with Crippen molar-refractivity contribution in [3.05, 3.63) is 94.8 Å². The van der Waals surface area contributed by atoms with Gasteiger partial charge in [-0.25, -0.2) is 4.98 Å². The number of halogens is 1. The van der Waals surface area contributed by atoms with Gasteiger partial charge in [-0.05, 0) is 36.4 Å². The summed E-state index contributed by atoms with van der Waals surface area (Å²) in [5.74, 6) is -0.174. The van der Waals surface area contributed by atoms with E-state index >= 15 is 0 Å². The van der Waals surface area contributed by atoms with Crippen molar-refractivity contribution in [2.75, 3.05) is 5.32 Å². The van der Waals surface area contributed by atoms with Crippen LogP contribution in [0.4, 0.5) is 5.69 Å². The summed E-state index contributed by atoms with van der Waals surface area (Å²) in [6.07, 6.45) is 0. The monoisotopic (exact) mass is 390 g/mol. The molecule has 3 nitrogen and oxygen atoms in total. The molecule has 1 heterocycles. The van der Waals surface area contributed by atoms with E-state index in [9.17, 15) is 4.79 Å². The normalized spacial score (nSPS) is 10.6. The van der Waals surface area contributed by atoms with Crippen LogP contribution in [0.15, 0.2) is 84.2 Å². The molecule has 1 N–H and O–H groups in total. The number of amides is 1. The second-order valence-corrected chi connectivity index (χ2v) is 7.24. The zero-order valence-corrected chi connectivity index (χ0v) is 15.8. The molecule has 0 aliphatic heterocycles. The van der Waals surface area contributed by atoms with Gasteiger partial charge in [-0.3, -0.25) is 4.79 Å². The molecule has 0 radical (unpaired) electrons. The third-order valence-electron chi connectivity index (χ3n) is 4.05. The minimum Gasteiger partial charge on any atom is -0.322 e. The Morgan fingerprint density at radius 2 is 1.63 bits per heavy atom. The van der Waals surface area contributed by atoms with Gasteiger partial charge in [0.05, 0.1) is 5.69 Å². The summed E-state index contributed by atoms with van der Waals surface area (Å²) in [6.45, 7) is 0. The van der Waals surface area contributed by atoms with Crippen molar-refractivity contribution in [3.8, 4) is 21.8 Å². The minimum absolute atomic E-state index is 0.174. The molecule has 132 valence electrons. The number of nitrogens with one attached hydrogen (secondary N) is 1. The Kier molecular flexibility index (Phi) is 5.01. The highest BCUT2D eigenvalue weighted by molar-refractivity contribution is 7.13. The summed E-state index contributed by atoms with van der Waals surface area (Å²) >= 11 is 7.48. The number of thiazole rings is 1. The molecule has 0 aliphatic rings. The molecule has 3 aromatic carbocycles. The van der Waals surface area contributed by atoms with Crippen LogP contribution < -0.4 is 5.32 Å². The zero-order valence-electron chi connectivity index (χ0n) is 14.2. The molecule has 0 spiro atoms. The van der Waals surface area contributed by atoms with Crippen molar-refractivity contribution in [1.82, 2.24) is 4.98 Å². The van der Waals surface area contributed by atoms with Gasteiger partial charge in [0.2, 0.25) is 0 Å². The highest BCUT2D eigenvalue weighted by atomic mass is 35.5. The van der Waals surface area contributed by atoms with Gasteiger partial charge >= 0.3 is 0 Å². The average Bonchev–Trinajstić information content (AvgIpc) is 3.20. The van der Waals surface area contributed by atoms with Gasteiger partial charge in [0.25, 0.3) is 5.91 Å². The van der Waals surface area contributed by atoms with Crippen molar-refractivity contribution in [2.24, 2.45) is 0 Å². The Hall–Kier alpha value is -2.95. The van der Waals surface area contributed by atoms with Gasteiger partial charge in [0, 0.05) is 32.8 Å². The van der Waals surface area contributed by atoms with Crippen LogP contribution in [0.3, 0.4) is 0 Å². The van der Waals surface area contributed by atoms with Crippen molar-refractivity contribution >= 4 is 34.5 Å². The van der Waals surface area contributed by atoms with Crippen LogP contribution in [-0.2, 0) is 0 Å². The first-order valence-corrected chi connectivity index (χ1v) is 9.63. The molecular formula is C22H15ClN2OS. The van der Waals surface area contributed by atoms with Crippen molar-refractivity contribution in [1.29, 1.82) is 0 Å². The Balaban J connectivity index is 1.55. The number of benzene rings is 3. The number of aromatic nitrogens is 1. The lowest BCUT2D eigenvalue weighted by Gasteiger charge is -2.07. The van der Waals surface area contributed by atoms with Crippen molar-refractivity contribution < 1.29 is 4.79 Å². The highest BCUT2D eigenvalue weighted by Gasteiger charge is 2.09. The predicted molar refractivity (Wildman–Crippen MR) is 112 cm³/mol. The average molecular weight is 391 g/mol. The van der Waals surface area contributed by atoms with E-state index < -0.39 is 0 Å². The van der Waals surface area contributed by atoms with Crippen LogP contribution in [0.5, 0.6) is 0 Å². The predicted octanol–water partition coefficient (Wildman–Crippen LogP) is 6.38. The lowest BCUT2D eigenvalue weighted by Crippen LogP contribution is -2.11. The van der Waals surface area contributed by atoms with E-state index in [0.717, 1.165) is 27.5 Å². The summed E-state index contributed by atoms with van der Waals surface area (Å²) in [4.78, 5) is 17.1. The molecule has 5 heteroatoms. The van der Waals surface area contributed by atoms with E-state index in [1.165, 1.54) is 0 Å². The molecule has 0 saturated carbocycles. The molecule has 27 heavy (non-hydrogen) atoms. The molecular weight excluding hydrogens is 376 g/mol. The first-order chi connectivity index (χ1) is 13.2.